The number of nitrogens with one attached hydrogen (secondary N) is 1. The third-order valence-electron chi connectivity index (χ3n) is 8.26. The van der Waals surface area contributed by atoms with Crippen molar-refractivity contribution in [2.45, 2.75) is 44.0 Å². The summed E-state index contributed by atoms with van der Waals surface area (Å²) in [4.78, 5) is 29.3. The molecule has 3 atom stereocenters. The second-order valence-electron chi connectivity index (χ2n) is 10.8. The van der Waals surface area contributed by atoms with Crippen LogP contribution in [0.1, 0.15) is 35.6 Å². The number of nitrogen functional groups attached to an aromatic ring is 1. The molecule has 6 rings (SSSR count). The van der Waals surface area contributed by atoms with Crippen molar-refractivity contribution < 1.29 is 9.90 Å². The first-order chi connectivity index (χ1) is 20.9. The van der Waals surface area contributed by atoms with Gasteiger partial charge in [0, 0.05) is 55.0 Å². The number of aliphatic hydroxyl groups is 1. The Morgan fingerprint density at radius 1 is 1.21 bits per heavy atom. The second-order valence-corrected chi connectivity index (χ2v) is 10.8. The fourth-order valence-electron chi connectivity index (χ4n) is 5.99. The van der Waals surface area contributed by atoms with Gasteiger partial charge in [0.25, 0.3) is 0 Å². The molecule has 1 aliphatic heterocycles. The van der Waals surface area contributed by atoms with E-state index in [0.29, 0.717) is 49.2 Å². The normalized spacial score (nSPS) is 19.6. The maximum atomic E-state index is 12.0. The van der Waals surface area contributed by atoms with Gasteiger partial charge in [-0.2, -0.15) is 5.10 Å². The van der Waals surface area contributed by atoms with Gasteiger partial charge in [-0.1, -0.05) is 18.7 Å². The van der Waals surface area contributed by atoms with Crippen LogP contribution in [-0.4, -0.2) is 67.6 Å². The molecule has 0 radical (unpaired) electrons. The third-order valence-corrected chi connectivity index (χ3v) is 8.26. The van der Waals surface area contributed by atoms with Gasteiger partial charge in [0.1, 0.15) is 11.5 Å². The highest BCUT2D eigenvalue weighted by Crippen LogP contribution is 2.39. The average molecular weight is 578 g/mol. The third kappa shape index (κ3) is 5.77. The molecule has 1 aromatic carbocycles. The Morgan fingerprint density at radius 3 is 2.84 bits per heavy atom. The maximum Gasteiger partial charge on any atom is 0.246 e. The van der Waals surface area contributed by atoms with Gasteiger partial charge < -0.3 is 26.0 Å². The summed E-state index contributed by atoms with van der Waals surface area (Å²) >= 11 is 0. The summed E-state index contributed by atoms with van der Waals surface area (Å²) in [5.74, 6) is 1.59. The van der Waals surface area contributed by atoms with Gasteiger partial charge in [0.05, 0.1) is 12.6 Å². The van der Waals surface area contributed by atoms with Crippen LogP contribution in [0.15, 0.2) is 84.8 Å². The van der Waals surface area contributed by atoms with Gasteiger partial charge in [-0.15, -0.1) is 0 Å². The summed E-state index contributed by atoms with van der Waals surface area (Å²) in [7, 11) is 0. The van der Waals surface area contributed by atoms with E-state index in [1.165, 1.54) is 17.2 Å². The smallest absolute Gasteiger partial charge is 0.246 e. The summed E-state index contributed by atoms with van der Waals surface area (Å²) in [6.45, 7) is 8.68. The van der Waals surface area contributed by atoms with Crippen molar-refractivity contribution in [2.75, 3.05) is 23.7 Å². The van der Waals surface area contributed by atoms with Crippen LogP contribution in [0.2, 0.25) is 0 Å². The number of carbonyl (C=O) groups is 1. The fourth-order valence-corrected chi connectivity index (χ4v) is 5.99. The number of likely N-dealkylation sites (tertiary alicyclic amines) is 1. The lowest BCUT2D eigenvalue weighted by molar-refractivity contribution is -0.129. The standard InChI is InChI=1S/C32H35N9O2/c1-3-30(43)39-17-13-26(28(42)20-39)37-25-10-7-21-18-23(8-9-24(21)25)40(19-22-6-4-14-35-31(22)33)32-27(34-2)11-12-29(38-32)41-16-5-15-36-41/h3-6,8-9,11-12,14-16,18,25-26,28,37,42H,1-2,7,10,13,17,19-20H2,(H2,33,35). The van der Waals surface area contributed by atoms with Crippen molar-refractivity contribution in [1.29, 1.82) is 0 Å². The number of aryl methyl sites for hydroxylation is 1. The number of aromatic nitrogens is 4. The monoisotopic (exact) mass is 577 g/mol. The first kappa shape index (κ1) is 28.3. The zero-order chi connectivity index (χ0) is 29.9. The molecule has 3 unspecified atom stereocenters. The lowest BCUT2D eigenvalue weighted by Gasteiger charge is -2.37. The predicted molar refractivity (Wildman–Crippen MR) is 167 cm³/mol. The zero-order valence-electron chi connectivity index (χ0n) is 23.9. The van der Waals surface area contributed by atoms with E-state index in [1.54, 1.807) is 22.0 Å². The topological polar surface area (TPSA) is 138 Å². The number of rotatable bonds is 9. The van der Waals surface area contributed by atoms with Crippen LogP contribution in [0.3, 0.4) is 0 Å². The average Bonchev–Trinajstić information content (AvgIpc) is 3.71. The first-order valence-electron chi connectivity index (χ1n) is 14.4. The van der Waals surface area contributed by atoms with Gasteiger partial charge in [-0.05, 0) is 79.6 Å². The molecule has 2 aliphatic rings. The highest BCUT2D eigenvalue weighted by molar-refractivity contribution is 5.87. The van der Waals surface area contributed by atoms with Gasteiger partial charge >= 0.3 is 0 Å². The van der Waals surface area contributed by atoms with E-state index in [0.717, 1.165) is 24.1 Å². The molecule has 1 saturated heterocycles. The number of carbonyl (C=O) groups excluding carboxylic acids is 1. The Bertz CT molecular complexity index is 1640. The molecule has 1 amide bonds. The van der Waals surface area contributed by atoms with E-state index >= 15 is 0 Å². The fraction of sp³-hybridized carbons (Fsp3) is 0.281. The minimum atomic E-state index is -0.639. The minimum absolute atomic E-state index is 0.0926. The first-order valence-corrected chi connectivity index (χ1v) is 14.4. The summed E-state index contributed by atoms with van der Waals surface area (Å²) < 4.78 is 1.71. The number of aliphatic hydroxyl groups excluding tert-OH is 1. The van der Waals surface area contributed by atoms with Crippen molar-refractivity contribution in [3.63, 3.8) is 0 Å². The number of nitrogens with zero attached hydrogens (tertiary/aromatic N) is 7. The summed E-state index contributed by atoms with van der Waals surface area (Å²) in [5.41, 5.74) is 11.1. The Hall–Kier alpha value is -4.87. The highest BCUT2D eigenvalue weighted by Gasteiger charge is 2.33. The number of hydrogen-bond acceptors (Lipinski definition) is 9. The van der Waals surface area contributed by atoms with Crippen molar-refractivity contribution in [3.05, 3.63) is 96.5 Å². The highest BCUT2D eigenvalue weighted by atomic mass is 16.3. The number of β-amino-alcohol motifs (C(OH)–C–C–N with tert-alkyl or cyclic N) is 1. The number of piperidine rings is 1. The van der Waals surface area contributed by atoms with Crippen LogP contribution >= 0.6 is 0 Å². The molecule has 43 heavy (non-hydrogen) atoms. The van der Waals surface area contributed by atoms with Gasteiger partial charge in [0.15, 0.2) is 11.6 Å². The molecule has 4 heterocycles. The number of nitrogens with two attached hydrogens (primary N) is 1. The molecule has 0 bridgehead atoms. The molecular weight excluding hydrogens is 542 g/mol. The van der Waals surface area contributed by atoms with E-state index < -0.39 is 6.10 Å². The van der Waals surface area contributed by atoms with E-state index in [-0.39, 0.29) is 18.0 Å². The quantitative estimate of drug-likeness (QED) is 0.203. The molecule has 0 spiro atoms. The van der Waals surface area contributed by atoms with Crippen molar-refractivity contribution in [3.8, 4) is 5.82 Å². The predicted octanol–water partition coefficient (Wildman–Crippen LogP) is 3.64. The van der Waals surface area contributed by atoms with Gasteiger partial charge in [-0.25, -0.2) is 14.6 Å². The molecule has 0 saturated carbocycles. The summed E-state index contributed by atoms with van der Waals surface area (Å²) in [6, 6.07) is 15.9. The Morgan fingerprint density at radius 2 is 2.09 bits per heavy atom. The van der Waals surface area contributed by atoms with Crippen molar-refractivity contribution in [2.24, 2.45) is 4.99 Å². The minimum Gasteiger partial charge on any atom is -0.390 e. The largest absolute Gasteiger partial charge is 0.390 e. The Labute approximate surface area is 250 Å². The van der Waals surface area contributed by atoms with E-state index in [1.807, 2.05) is 36.5 Å². The Kier molecular flexibility index (Phi) is 7.99. The zero-order valence-corrected chi connectivity index (χ0v) is 23.9. The maximum absolute atomic E-state index is 12.0. The van der Waals surface area contributed by atoms with Crippen LogP contribution < -0.4 is 16.0 Å². The van der Waals surface area contributed by atoms with Crippen LogP contribution in [0.5, 0.6) is 0 Å². The number of benzene rings is 1. The molecular formula is C32H35N9O2. The molecule has 3 aromatic heterocycles. The van der Waals surface area contributed by atoms with E-state index in [4.69, 9.17) is 10.7 Å². The number of aliphatic imine (C=N–C) groups is 1. The van der Waals surface area contributed by atoms with E-state index in [2.05, 4.69) is 56.8 Å². The molecule has 11 heteroatoms. The van der Waals surface area contributed by atoms with Crippen LogP contribution in [0, 0.1) is 0 Å². The number of amides is 1. The summed E-state index contributed by atoms with van der Waals surface area (Å²) in [6.07, 6.45) is 8.38. The molecule has 4 N–H and O–H groups in total. The van der Waals surface area contributed by atoms with E-state index in [9.17, 15) is 9.90 Å². The van der Waals surface area contributed by atoms with Crippen LogP contribution in [0.25, 0.3) is 5.82 Å². The molecule has 220 valence electrons. The lowest BCUT2D eigenvalue weighted by Crippen LogP contribution is -2.54. The lowest BCUT2D eigenvalue weighted by atomic mass is 9.99. The van der Waals surface area contributed by atoms with Gasteiger partial charge in [-0.3, -0.25) is 9.79 Å². The van der Waals surface area contributed by atoms with Crippen molar-refractivity contribution in [1.82, 2.24) is 30.0 Å². The van der Waals surface area contributed by atoms with Crippen LogP contribution in [-0.2, 0) is 17.8 Å². The molecule has 11 nitrogen and oxygen atoms in total. The number of anilines is 3. The Balaban J connectivity index is 1.31. The molecule has 4 aromatic rings. The summed E-state index contributed by atoms with van der Waals surface area (Å²) in [5, 5.41) is 18.8. The second kappa shape index (κ2) is 12.2. The molecule has 1 aliphatic carbocycles. The van der Waals surface area contributed by atoms with Gasteiger partial charge in [0.2, 0.25) is 5.91 Å². The number of hydrogen-bond donors (Lipinski definition) is 3. The van der Waals surface area contributed by atoms with Crippen LogP contribution in [0.4, 0.5) is 23.0 Å². The number of fused-ring (bicyclic) bond motifs is 1. The number of pyridine rings is 2. The SMILES string of the molecule is C=CC(=O)N1CCC(NC2CCc3cc(N(Cc4cccnc4N)c4nc(-n5cccn5)ccc4N=C)ccc32)C(O)C1. The van der Waals surface area contributed by atoms with Crippen molar-refractivity contribution >= 4 is 35.6 Å². The molecule has 1 fully saturated rings.